The fourth-order valence-electron chi connectivity index (χ4n) is 1.69. The molecule has 0 fully saturated rings. The molecule has 0 saturated carbocycles. The number of hydrogen-bond acceptors (Lipinski definition) is 4. The second kappa shape index (κ2) is 7.68. The van der Waals surface area contributed by atoms with Crippen molar-refractivity contribution >= 4 is 23.6 Å². The van der Waals surface area contributed by atoms with E-state index >= 15 is 0 Å². The van der Waals surface area contributed by atoms with Crippen LogP contribution >= 0.6 is 0 Å². The number of rotatable bonds is 3. The van der Waals surface area contributed by atoms with E-state index in [1.165, 1.54) is 0 Å². The molecule has 6 nitrogen and oxygen atoms in total. The predicted molar refractivity (Wildman–Crippen MR) is 82.5 cm³/mol. The minimum absolute atomic E-state index is 0.172. The van der Waals surface area contributed by atoms with Crippen LogP contribution in [0.4, 0.5) is 21.0 Å². The van der Waals surface area contributed by atoms with Gasteiger partial charge in [-0.25, -0.2) is 9.59 Å². The van der Waals surface area contributed by atoms with E-state index in [2.05, 4.69) is 5.32 Å². The first kappa shape index (κ1) is 15.4. The van der Waals surface area contributed by atoms with Crippen LogP contribution in [0.2, 0.25) is 0 Å². The summed E-state index contributed by atoms with van der Waals surface area (Å²) >= 11 is 0. The van der Waals surface area contributed by atoms with Gasteiger partial charge in [-0.1, -0.05) is 36.4 Å². The van der Waals surface area contributed by atoms with Crippen molar-refractivity contribution in [3.05, 3.63) is 60.7 Å². The summed E-state index contributed by atoms with van der Waals surface area (Å²) in [6.07, 6.45) is -1.56. The van der Waals surface area contributed by atoms with Crippen LogP contribution < -0.4 is 10.4 Å². The maximum Gasteiger partial charge on any atom is 0.448 e. The Balaban J connectivity index is 2.09. The van der Waals surface area contributed by atoms with E-state index in [9.17, 15) is 9.59 Å². The largest absolute Gasteiger partial charge is 0.448 e. The van der Waals surface area contributed by atoms with Gasteiger partial charge < -0.3 is 9.57 Å². The van der Waals surface area contributed by atoms with Gasteiger partial charge in [0.1, 0.15) is 0 Å². The summed E-state index contributed by atoms with van der Waals surface area (Å²) in [7, 11) is 0. The quantitative estimate of drug-likeness (QED) is 0.875. The van der Waals surface area contributed by atoms with Crippen molar-refractivity contribution in [2.45, 2.75) is 6.92 Å². The van der Waals surface area contributed by atoms with Gasteiger partial charge in [0.15, 0.2) is 0 Å². The molecule has 0 heterocycles. The highest BCUT2D eigenvalue weighted by Gasteiger charge is 2.22. The number of ether oxygens (including phenoxy) is 1. The SMILES string of the molecule is CCOC(=O)N(OC(=O)Nc1ccccc1)c1ccccc1. The first-order valence-electron chi connectivity index (χ1n) is 6.76. The van der Waals surface area contributed by atoms with Crippen molar-refractivity contribution < 1.29 is 19.2 Å². The smallest absolute Gasteiger partial charge is 0.447 e. The van der Waals surface area contributed by atoms with Crippen LogP contribution in [0, 0.1) is 0 Å². The summed E-state index contributed by atoms with van der Waals surface area (Å²) in [5.74, 6) is 0. The third-order valence-corrected chi connectivity index (χ3v) is 2.62. The third kappa shape index (κ3) is 4.24. The second-order valence-corrected chi connectivity index (χ2v) is 4.20. The Bertz CT molecular complexity index is 617. The lowest BCUT2D eigenvalue weighted by molar-refractivity contribution is 0.107. The van der Waals surface area contributed by atoms with Gasteiger partial charge in [0.2, 0.25) is 0 Å². The minimum atomic E-state index is -0.789. The standard InChI is InChI=1S/C16H16N2O4/c1-2-21-16(20)18(14-11-7-4-8-12-14)22-15(19)17-13-9-5-3-6-10-13/h3-12H,2H2,1H3,(H,17,19). The van der Waals surface area contributed by atoms with Gasteiger partial charge in [-0.05, 0) is 31.2 Å². The number of para-hydroxylation sites is 2. The lowest BCUT2D eigenvalue weighted by Gasteiger charge is -2.20. The Kier molecular flexibility index (Phi) is 5.37. The monoisotopic (exact) mass is 300 g/mol. The average Bonchev–Trinajstić information content (AvgIpc) is 2.54. The number of hydroxylamine groups is 1. The molecule has 0 aromatic heterocycles. The van der Waals surface area contributed by atoms with Gasteiger partial charge in [-0.15, -0.1) is 5.06 Å². The fourth-order valence-corrected chi connectivity index (χ4v) is 1.69. The second-order valence-electron chi connectivity index (χ2n) is 4.20. The molecule has 6 heteroatoms. The zero-order valence-corrected chi connectivity index (χ0v) is 12.1. The molecule has 114 valence electrons. The Morgan fingerprint density at radius 1 is 1.00 bits per heavy atom. The third-order valence-electron chi connectivity index (χ3n) is 2.62. The molecule has 0 aliphatic heterocycles. The van der Waals surface area contributed by atoms with Crippen molar-refractivity contribution in [2.75, 3.05) is 17.0 Å². The van der Waals surface area contributed by atoms with Crippen LogP contribution in [-0.2, 0) is 9.57 Å². The molecule has 1 N–H and O–H groups in total. The number of benzene rings is 2. The van der Waals surface area contributed by atoms with Crippen LogP contribution in [0.25, 0.3) is 0 Å². The van der Waals surface area contributed by atoms with E-state index in [4.69, 9.17) is 9.57 Å². The maximum atomic E-state index is 11.9. The lowest BCUT2D eigenvalue weighted by Crippen LogP contribution is -2.35. The molecule has 0 aliphatic rings. The summed E-state index contributed by atoms with van der Waals surface area (Å²) in [6, 6.07) is 17.3. The number of carbonyl (C=O) groups is 2. The molecule has 0 aliphatic carbocycles. The summed E-state index contributed by atoms with van der Waals surface area (Å²) in [6.45, 7) is 1.84. The Hall–Kier alpha value is -3.02. The van der Waals surface area contributed by atoms with Crippen LogP contribution in [0.1, 0.15) is 6.92 Å². The summed E-state index contributed by atoms with van der Waals surface area (Å²) in [5, 5.41) is 3.34. The van der Waals surface area contributed by atoms with Crippen molar-refractivity contribution in [1.82, 2.24) is 0 Å². The van der Waals surface area contributed by atoms with Gasteiger partial charge in [0.05, 0.1) is 12.3 Å². The highest BCUT2D eigenvalue weighted by molar-refractivity contribution is 5.91. The number of nitrogens with one attached hydrogen (secondary N) is 1. The first-order valence-corrected chi connectivity index (χ1v) is 6.76. The number of nitrogens with zero attached hydrogens (tertiary/aromatic N) is 1. The average molecular weight is 300 g/mol. The maximum absolute atomic E-state index is 11.9. The van der Waals surface area contributed by atoms with Gasteiger partial charge in [0, 0.05) is 5.69 Å². The van der Waals surface area contributed by atoms with Crippen molar-refractivity contribution in [1.29, 1.82) is 0 Å². The number of anilines is 2. The van der Waals surface area contributed by atoms with Crippen LogP contribution in [0.15, 0.2) is 60.7 Å². The number of hydrogen-bond donors (Lipinski definition) is 1. The molecule has 2 amide bonds. The molecule has 2 aromatic carbocycles. The Morgan fingerprint density at radius 2 is 1.59 bits per heavy atom. The summed E-state index contributed by atoms with van der Waals surface area (Å²) < 4.78 is 4.89. The Labute approximate surface area is 128 Å². The van der Waals surface area contributed by atoms with Crippen LogP contribution in [0.3, 0.4) is 0 Å². The highest BCUT2D eigenvalue weighted by atomic mass is 16.8. The molecule has 2 aromatic rings. The van der Waals surface area contributed by atoms with E-state index in [0.29, 0.717) is 11.4 Å². The number of amides is 2. The lowest BCUT2D eigenvalue weighted by atomic mass is 10.3. The van der Waals surface area contributed by atoms with Gasteiger partial charge in [-0.3, -0.25) is 5.32 Å². The first-order chi connectivity index (χ1) is 10.7. The van der Waals surface area contributed by atoms with Crippen molar-refractivity contribution in [3.8, 4) is 0 Å². The molecule has 2 rings (SSSR count). The van der Waals surface area contributed by atoms with Crippen LogP contribution in [0.5, 0.6) is 0 Å². The molecule has 0 atom stereocenters. The van der Waals surface area contributed by atoms with Crippen molar-refractivity contribution in [2.24, 2.45) is 0 Å². The van der Waals surface area contributed by atoms with E-state index in [1.54, 1.807) is 61.5 Å². The van der Waals surface area contributed by atoms with Gasteiger partial charge >= 0.3 is 12.2 Å². The highest BCUT2D eigenvalue weighted by Crippen LogP contribution is 2.16. The molecular formula is C16H16N2O4. The molecule has 0 bridgehead atoms. The molecule has 0 spiro atoms. The zero-order chi connectivity index (χ0) is 15.8. The molecule has 0 radical (unpaired) electrons. The molecule has 22 heavy (non-hydrogen) atoms. The van der Waals surface area contributed by atoms with E-state index in [1.807, 2.05) is 6.07 Å². The van der Waals surface area contributed by atoms with E-state index < -0.39 is 12.2 Å². The Morgan fingerprint density at radius 3 is 2.18 bits per heavy atom. The normalized spacial score (nSPS) is 9.68. The number of carbonyl (C=O) groups excluding carboxylic acids is 2. The predicted octanol–water partition coefficient (Wildman–Crippen LogP) is 3.81. The molecular weight excluding hydrogens is 284 g/mol. The summed E-state index contributed by atoms with van der Waals surface area (Å²) in [4.78, 5) is 28.9. The topological polar surface area (TPSA) is 67.9 Å². The van der Waals surface area contributed by atoms with E-state index in [0.717, 1.165) is 5.06 Å². The van der Waals surface area contributed by atoms with Crippen LogP contribution in [-0.4, -0.2) is 18.8 Å². The fraction of sp³-hybridized carbons (Fsp3) is 0.125. The molecule has 0 saturated heterocycles. The van der Waals surface area contributed by atoms with E-state index in [-0.39, 0.29) is 6.61 Å². The minimum Gasteiger partial charge on any atom is -0.447 e. The summed E-state index contributed by atoms with van der Waals surface area (Å²) in [5.41, 5.74) is 0.952. The zero-order valence-electron chi connectivity index (χ0n) is 12.1. The molecule has 0 unspecified atom stereocenters. The van der Waals surface area contributed by atoms with Gasteiger partial charge in [-0.2, -0.15) is 0 Å². The van der Waals surface area contributed by atoms with Gasteiger partial charge in [0.25, 0.3) is 0 Å². The van der Waals surface area contributed by atoms with Crippen molar-refractivity contribution in [3.63, 3.8) is 0 Å².